The van der Waals surface area contributed by atoms with Gasteiger partial charge in [-0.3, -0.25) is 4.79 Å². The predicted molar refractivity (Wildman–Crippen MR) is 80.5 cm³/mol. The molecule has 1 aromatic rings. The highest BCUT2D eigenvalue weighted by Gasteiger charge is 2.06. The minimum atomic E-state index is -0.0307. The molecular weight excluding hydrogens is 252 g/mol. The molecule has 1 amide bonds. The summed E-state index contributed by atoms with van der Waals surface area (Å²) in [6.07, 6.45) is 0.445. The third-order valence-electron chi connectivity index (χ3n) is 2.92. The van der Waals surface area contributed by atoms with Crippen molar-refractivity contribution in [1.82, 2.24) is 9.80 Å². The molecule has 20 heavy (non-hydrogen) atoms. The lowest BCUT2D eigenvalue weighted by molar-refractivity contribution is -0.116. The average Bonchev–Trinajstić information content (AvgIpc) is 2.43. The first-order valence-corrected chi connectivity index (χ1v) is 6.64. The van der Waals surface area contributed by atoms with Crippen LogP contribution in [0.25, 0.3) is 0 Å². The SMILES string of the molecule is CN(C)CCN(C)CCC(=O)Nc1cccc(C#N)c1. The summed E-state index contributed by atoms with van der Waals surface area (Å²) in [5.41, 5.74) is 1.22. The van der Waals surface area contributed by atoms with Crippen molar-refractivity contribution in [3.8, 4) is 6.07 Å². The Hall–Kier alpha value is -1.90. The first-order valence-electron chi connectivity index (χ1n) is 6.64. The molecule has 1 N–H and O–H groups in total. The molecule has 0 unspecified atom stereocenters. The number of hydrogen-bond acceptors (Lipinski definition) is 4. The van der Waals surface area contributed by atoms with Gasteiger partial charge in [-0.2, -0.15) is 5.26 Å². The Balaban J connectivity index is 2.34. The molecule has 0 saturated carbocycles. The van der Waals surface area contributed by atoms with Gasteiger partial charge >= 0.3 is 0 Å². The minimum Gasteiger partial charge on any atom is -0.326 e. The standard InChI is InChI=1S/C15H22N4O/c1-18(2)9-10-19(3)8-7-15(20)17-14-6-4-5-13(11-14)12-16/h4-6,11H,7-10H2,1-3H3,(H,17,20). The van der Waals surface area contributed by atoms with Crippen LogP contribution in [0.1, 0.15) is 12.0 Å². The topological polar surface area (TPSA) is 59.4 Å². The maximum Gasteiger partial charge on any atom is 0.225 e. The van der Waals surface area contributed by atoms with Crippen molar-refractivity contribution >= 4 is 11.6 Å². The Bertz CT molecular complexity index is 479. The van der Waals surface area contributed by atoms with Crippen LogP contribution in [0.5, 0.6) is 0 Å². The van der Waals surface area contributed by atoms with E-state index in [0.717, 1.165) is 19.6 Å². The second-order valence-corrected chi connectivity index (χ2v) is 5.10. The molecule has 0 aliphatic carbocycles. The molecule has 0 spiro atoms. The molecule has 0 aliphatic rings. The Morgan fingerprint density at radius 3 is 2.65 bits per heavy atom. The molecule has 5 heteroatoms. The van der Waals surface area contributed by atoms with Crippen LogP contribution in [0, 0.1) is 11.3 Å². The number of nitrogens with one attached hydrogen (secondary N) is 1. The fourth-order valence-electron chi connectivity index (χ4n) is 1.66. The molecule has 1 aromatic carbocycles. The van der Waals surface area contributed by atoms with E-state index in [1.165, 1.54) is 0 Å². The van der Waals surface area contributed by atoms with Crippen LogP contribution in [-0.4, -0.2) is 56.5 Å². The normalized spacial score (nSPS) is 10.6. The number of hydrogen-bond donors (Lipinski definition) is 1. The molecule has 5 nitrogen and oxygen atoms in total. The largest absolute Gasteiger partial charge is 0.326 e. The number of likely N-dealkylation sites (N-methyl/N-ethyl adjacent to an activating group) is 2. The van der Waals surface area contributed by atoms with E-state index in [1.807, 2.05) is 21.1 Å². The second-order valence-electron chi connectivity index (χ2n) is 5.10. The summed E-state index contributed by atoms with van der Waals surface area (Å²) in [5, 5.41) is 11.6. The van der Waals surface area contributed by atoms with Crippen LogP contribution in [0.3, 0.4) is 0 Å². The Labute approximate surface area is 120 Å². The van der Waals surface area contributed by atoms with Crippen LogP contribution in [0.2, 0.25) is 0 Å². The van der Waals surface area contributed by atoms with Gasteiger partial charge in [0.25, 0.3) is 0 Å². The summed E-state index contributed by atoms with van der Waals surface area (Å²) in [6.45, 7) is 2.63. The molecule has 0 saturated heterocycles. The van der Waals surface area contributed by atoms with Gasteiger partial charge in [-0.05, 0) is 39.3 Å². The predicted octanol–water partition coefficient (Wildman–Crippen LogP) is 1.38. The van der Waals surface area contributed by atoms with E-state index in [2.05, 4.69) is 21.2 Å². The van der Waals surface area contributed by atoms with Gasteiger partial charge in [-0.1, -0.05) is 6.07 Å². The van der Waals surface area contributed by atoms with Crippen molar-refractivity contribution in [2.75, 3.05) is 46.1 Å². The lowest BCUT2D eigenvalue weighted by Crippen LogP contribution is -2.31. The van der Waals surface area contributed by atoms with Crippen molar-refractivity contribution in [3.05, 3.63) is 29.8 Å². The highest BCUT2D eigenvalue weighted by atomic mass is 16.1. The Kier molecular flexibility index (Phi) is 6.71. The number of anilines is 1. The quantitative estimate of drug-likeness (QED) is 0.816. The number of carbonyl (C=O) groups excluding carboxylic acids is 1. The van der Waals surface area contributed by atoms with Crippen molar-refractivity contribution in [2.45, 2.75) is 6.42 Å². The summed E-state index contributed by atoms with van der Waals surface area (Å²) in [6, 6.07) is 8.99. The highest BCUT2D eigenvalue weighted by Crippen LogP contribution is 2.10. The molecule has 0 atom stereocenters. The molecule has 0 aliphatic heterocycles. The fourth-order valence-corrected chi connectivity index (χ4v) is 1.66. The average molecular weight is 274 g/mol. The van der Waals surface area contributed by atoms with E-state index in [-0.39, 0.29) is 5.91 Å². The fraction of sp³-hybridized carbons (Fsp3) is 0.467. The van der Waals surface area contributed by atoms with E-state index >= 15 is 0 Å². The van der Waals surface area contributed by atoms with Gasteiger partial charge in [-0.25, -0.2) is 0 Å². The van der Waals surface area contributed by atoms with Gasteiger partial charge in [0.1, 0.15) is 0 Å². The van der Waals surface area contributed by atoms with E-state index in [1.54, 1.807) is 24.3 Å². The minimum absolute atomic E-state index is 0.0307. The zero-order chi connectivity index (χ0) is 15.0. The van der Waals surface area contributed by atoms with Crippen molar-refractivity contribution in [2.24, 2.45) is 0 Å². The first-order chi connectivity index (χ1) is 9.51. The molecule has 108 valence electrons. The number of benzene rings is 1. The number of rotatable bonds is 7. The van der Waals surface area contributed by atoms with Crippen molar-refractivity contribution < 1.29 is 4.79 Å². The molecular formula is C15H22N4O. The number of amides is 1. The molecule has 0 aromatic heterocycles. The van der Waals surface area contributed by atoms with Gasteiger partial charge in [0.2, 0.25) is 5.91 Å². The maximum atomic E-state index is 11.8. The summed E-state index contributed by atoms with van der Waals surface area (Å²) in [5.74, 6) is -0.0307. The van der Waals surface area contributed by atoms with Crippen molar-refractivity contribution in [3.63, 3.8) is 0 Å². The van der Waals surface area contributed by atoms with Gasteiger partial charge < -0.3 is 15.1 Å². The summed E-state index contributed by atoms with van der Waals surface area (Å²) >= 11 is 0. The third kappa shape index (κ3) is 6.32. The van der Waals surface area contributed by atoms with E-state index in [4.69, 9.17) is 5.26 Å². The molecule has 0 heterocycles. The van der Waals surface area contributed by atoms with Crippen LogP contribution in [0.15, 0.2) is 24.3 Å². The molecule has 0 radical (unpaired) electrons. The summed E-state index contributed by atoms with van der Waals surface area (Å²) in [4.78, 5) is 16.1. The van der Waals surface area contributed by atoms with Crippen LogP contribution in [-0.2, 0) is 4.79 Å². The maximum absolute atomic E-state index is 11.8. The lowest BCUT2D eigenvalue weighted by Gasteiger charge is -2.18. The Morgan fingerprint density at radius 1 is 1.25 bits per heavy atom. The second kappa shape index (κ2) is 8.31. The smallest absolute Gasteiger partial charge is 0.225 e. The van der Waals surface area contributed by atoms with E-state index in [0.29, 0.717) is 17.7 Å². The monoisotopic (exact) mass is 274 g/mol. The molecule has 0 fully saturated rings. The van der Waals surface area contributed by atoms with Crippen molar-refractivity contribution in [1.29, 1.82) is 5.26 Å². The summed E-state index contributed by atoms with van der Waals surface area (Å²) in [7, 11) is 6.07. The Morgan fingerprint density at radius 2 is 2.00 bits per heavy atom. The van der Waals surface area contributed by atoms with E-state index < -0.39 is 0 Å². The molecule has 0 bridgehead atoms. The van der Waals surface area contributed by atoms with Crippen LogP contribution in [0.4, 0.5) is 5.69 Å². The van der Waals surface area contributed by atoms with Crippen LogP contribution >= 0.6 is 0 Å². The van der Waals surface area contributed by atoms with E-state index in [9.17, 15) is 4.79 Å². The summed E-state index contributed by atoms with van der Waals surface area (Å²) < 4.78 is 0. The zero-order valence-corrected chi connectivity index (χ0v) is 12.4. The lowest BCUT2D eigenvalue weighted by atomic mass is 10.2. The number of carbonyl (C=O) groups is 1. The third-order valence-corrected chi connectivity index (χ3v) is 2.92. The molecule has 1 rings (SSSR count). The van der Waals surface area contributed by atoms with Crippen LogP contribution < -0.4 is 5.32 Å². The first kappa shape index (κ1) is 16.2. The van der Waals surface area contributed by atoms with Gasteiger partial charge in [-0.15, -0.1) is 0 Å². The van der Waals surface area contributed by atoms with Gasteiger partial charge in [0.15, 0.2) is 0 Å². The highest BCUT2D eigenvalue weighted by molar-refractivity contribution is 5.90. The number of nitrogens with zero attached hydrogens (tertiary/aromatic N) is 3. The van der Waals surface area contributed by atoms with Gasteiger partial charge in [0, 0.05) is 31.7 Å². The zero-order valence-electron chi connectivity index (χ0n) is 12.4. The van der Waals surface area contributed by atoms with Gasteiger partial charge in [0.05, 0.1) is 11.6 Å². The number of nitriles is 1.